The second kappa shape index (κ2) is 4.56. The van der Waals surface area contributed by atoms with Crippen LogP contribution in [0.3, 0.4) is 0 Å². The molecule has 9 nitrogen and oxygen atoms in total. The number of aliphatic imine (C=N–C) groups is 3. The van der Waals surface area contributed by atoms with Crippen LogP contribution in [-0.2, 0) is 9.53 Å². The molecule has 0 saturated carbocycles. The zero-order valence-electron chi connectivity index (χ0n) is 10.2. The van der Waals surface area contributed by atoms with Gasteiger partial charge in [-0.05, 0) is 0 Å². The molecule has 1 amide bonds. The van der Waals surface area contributed by atoms with Crippen LogP contribution in [0.25, 0.3) is 0 Å². The van der Waals surface area contributed by atoms with Crippen LogP contribution in [-0.4, -0.2) is 69.6 Å². The fourth-order valence-corrected chi connectivity index (χ4v) is 2.33. The number of guanidine groups is 1. The van der Waals surface area contributed by atoms with Gasteiger partial charge in [0.1, 0.15) is 30.1 Å². The molecule has 0 aromatic heterocycles. The van der Waals surface area contributed by atoms with Crippen LogP contribution in [0.1, 0.15) is 0 Å². The number of aliphatic hydroxyl groups excluding tert-OH is 3. The first-order valence-electron chi connectivity index (χ1n) is 5.91. The molecule has 4 atom stereocenters. The molecule has 5 N–H and O–H groups in total. The van der Waals surface area contributed by atoms with E-state index in [1.807, 2.05) is 0 Å². The van der Waals surface area contributed by atoms with Crippen LogP contribution in [0.2, 0.25) is 0 Å². The van der Waals surface area contributed by atoms with Crippen molar-refractivity contribution < 1.29 is 24.9 Å². The van der Waals surface area contributed by atoms with Gasteiger partial charge < -0.3 is 25.8 Å². The summed E-state index contributed by atoms with van der Waals surface area (Å²) in [7, 11) is 0. The summed E-state index contributed by atoms with van der Waals surface area (Å²) in [5, 5.41) is 28.8. The van der Waals surface area contributed by atoms with Crippen LogP contribution in [0.15, 0.2) is 26.8 Å². The van der Waals surface area contributed by atoms with Gasteiger partial charge in [0, 0.05) is 11.8 Å². The Morgan fingerprint density at radius 1 is 1.25 bits per heavy atom. The van der Waals surface area contributed by atoms with E-state index in [-0.39, 0.29) is 17.4 Å². The van der Waals surface area contributed by atoms with Gasteiger partial charge in [-0.2, -0.15) is 4.99 Å². The fraction of sp³-hybridized carbons (Fsp3) is 0.455. The summed E-state index contributed by atoms with van der Waals surface area (Å²) in [5.74, 6) is -0.825. The SMILES string of the molecule is NC1=NC(=O)C2=NC=C([C@@H]3O[C@H](CO)[C@@H](O)[C@H]3O)C2=N1. The molecule has 9 heteroatoms. The number of hydrogen-bond donors (Lipinski definition) is 4. The van der Waals surface area contributed by atoms with Gasteiger partial charge in [-0.3, -0.25) is 4.79 Å². The van der Waals surface area contributed by atoms with Crippen molar-refractivity contribution in [2.75, 3.05) is 6.61 Å². The quantitative estimate of drug-likeness (QED) is 0.426. The van der Waals surface area contributed by atoms with Crippen molar-refractivity contribution in [2.45, 2.75) is 24.4 Å². The van der Waals surface area contributed by atoms with E-state index in [9.17, 15) is 15.0 Å². The van der Waals surface area contributed by atoms with E-state index in [0.29, 0.717) is 5.57 Å². The Bertz CT molecular complexity index is 594. The fourth-order valence-electron chi connectivity index (χ4n) is 2.33. The largest absolute Gasteiger partial charge is 0.394 e. The molecule has 1 fully saturated rings. The second-order valence-electron chi connectivity index (χ2n) is 4.56. The van der Waals surface area contributed by atoms with Crippen LogP contribution < -0.4 is 5.73 Å². The van der Waals surface area contributed by atoms with E-state index in [0.717, 1.165) is 0 Å². The van der Waals surface area contributed by atoms with Gasteiger partial charge in [-0.15, -0.1) is 0 Å². The molecule has 1 saturated heterocycles. The van der Waals surface area contributed by atoms with E-state index in [1.165, 1.54) is 6.20 Å². The van der Waals surface area contributed by atoms with Gasteiger partial charge in [0.25, 0.3) is 0 Å². The lowest BCUT2D eigenvalue weighted by molar-refractivity contribution is -0.111. The highest BCUT2D eigenvalue weighted by Crippen LogP contribution is 2.30. The van der Waals surface area contributed by atoms with Crippen molar-refractivity contribution in [1.82, 2.24) is 0 Å². The van der Waals surface area contributed by atoms with Gasteiger partial charge in [0.05, 0.1) is 6.61 Å². The monoisotopic (exact) mass is 280 g/mol. The first-order chi connectivity index (χ1) is 9.52. The van der Waals surface area contributed by atoms with E-state index in [4.69, 9.17) is 15.6 Å². The lowest BCUT2D eigenvalue weighted by atomic mass is 9.97. The summed E-state index contributed by atoms with van der Waals surface area (Å²) in [4.78, 5) is 22.9. The molecular formula is C11H12N4O5. The summed E-state index contributed by atoms with van der Waals surface area (Å²) in [6.07, 6.45) is -3.03. The number of ether oxygens (including phenoxy) is 1. The summed E-state index contributed by atoms with van der Waals surface area (Å²) in [5.41, 5.74) is 5.95. The van der Waals surface area contributed by atoms with Crippen LogP contribution >= 0.6 is 0 Å². The van der Waals surface area contributed by atoms with Crippen molar-refractivity contribution in [3.05, 3.63) is 11.8 Å². The number of amides is 1. The third kappa shape index (κ3) is 1.79. The van der Waals surface area contributed by atoms with E-state index < -0.39 is 36.9 Å². The number of nitrogens with zero attached hydrogens (tertiary/aromatic N) is 3. The number of fused-ring (bicyclic) bond motifs is 1. The number of carbonyl (C=O) groups is 1. The van der Waals surface area contributed by atoms with E-state index >= 15 is 0 Å². The maximum absolute atomic E-state index is 11.6. The first kappa shape index (κ1) is 13.1. The van der Waals surface area contributed by atoms with Gasteiger partial charge in [-0.1, -0.05) is 0 Å². The van der Waals surface area contributed by atoms with Crippen LogP contribution in [0.4, 0.5) is 0 Å². The molecule has 0 spiro atoms. The van der Waals surface area contributed by atoms with Crippen LogP contribution in [0, 0.1) is 0 Å². The molecule has 3 aliphatic heterocycles. The Labute approximate surface area is 112 Å². The molecule has 3 heterocycles. The third-order valence-corrected chi connectivity index (χ3v) is 3.32. The standard InChI is InChI=1S/C11H12N4O5/c12-11-14-5-3(1-13-6(5)10(19)15-11)9-8(18)7(17)4(2-16)20-9/h1,4,7-9,16-18H,2H2,(H2,12,15,19)/t4-,7-,8-,9+/m1/s1. The highest BCUT2D eigenvalue weighted by Gasteiger charge is 2.47. The van der Waals surface area contributed by atoms with Crippen LogP contribution in [0.5, 0.6) is 0 Å². The summed E-state index contributed by atoms with van der Waals surface area (Å²) >= 11 is 0. The predicted molar refractivity (Wildman–Crippen MR) is 67.3 cm³/mol. The average Bonchev–Trinajstić information content (AvgIpc) is 2.93. The van der Waals surface area contributed by atoms with Crippen molar-refractivity contribution >= 4 is 23.3 Å². The molecule has 0 radical (unpaired) electrons. The predicted octanol–water partition coefficient (Wildman–Crippen LogP) is -2.90. The minimum Gasteiger partial charge on any atom is -0.394 e. The molecule has 20 heavy (non-hydrogen) atoms. The lowest BCUT2D eigenvalue weighted by Gasteiger charge is -2.17. The third-order valence-electron chi connectivity index (χ3n) is 3.32. The maximum Gasteiger partial charge on any atom is 0.301 e. The molecule has 106 valence electrons. The average molecular weight is 280 g/mol. The molecule has 3 rings (SSSR count). The summed E-state index contributed by atoms with van der Waals surface area (Å²) < 4.78 is 5.37. The summed E-state index contributed by atoms with van der Waals surface area (Å²) in [6.45, 7) is -0.440. The van der Waals surface area contributed by atoms with Crippen molar-refractivity contribution in [2.24, 2.45) is 20.7 Å². The Hall–Kier alpha value is -1.94. The molecule has 0 aromatic carbocycles. The highest BCUT2D eigenvalue weighted by atomic mass is 16.6. The molecule has 0 bridgehead atoms. The van der Waals surface area contributed by atoms with Crippen molar-refractivity contribution in [3.8, 4) is 0 Å². The minimum atomic E-state index is -1.26. The van der Waals surface area contributed by atoms with Gasteiger partial charge >= 0.3 is 5.91 Å². The van der Waals surface area contributed by atoms with E-state index in [1.54, 1.807) is 0 Å². The lowest BCUT2D eigenvalue weighted by Crippen LogP contribution is -2.38. The van der Waals surface area contributed by atoms with E-state index in [2.05, 4.69) is 15.0 Å². The highest BCUT2D eigenvalue weighted by molar-refractivity contribution is 6.73. The second-order valence-corrected chi connectivity index (χ2v) is 4.56. The summed E-state index contributed by atoms with van der Waals surface area (Å²) in [6, 6.07) is 0. The Balaban J connectivity index is 1.91. The zero-order chi connectivity index (χ0) is 14.4. The normalized spacial score (nSPS) is 36.2. The smallest absolute Gasteiger partial charge is 0.301 e. The van der Waals surface area contributed by atoms with Crippen molar-refractivity contribution in [3.63, 3.8) is 0 Å². The Morgan fingerprint density at radius 2 is 2.00 bits per heavy atom. The molecular weight excluding hydrogens is 268 g/mol. The number of nitrogens with two attached hydrogens (primary N) is 1. The topological polar surface area (TPSA) is 150 Å². The molecule has 0 unspecified atom stereocenters. The number of rotatable bonds is 2. The van der Waals surface area contributed by atoms with Gasteiger partial charge in [0.2, 0.25) is 5.96 Å². The maximum atomic E-state index is 11.6. The number of hydrogen-bond acceptors (Lipinski definition) is 8. The zero-order valence-corrected chi connectivity index (χ0v) is 10.2. The van der Waals surface area contributed by atoms with Gasteiger partial charge in [-0.25, -0.2) is 9.98 Å². The molecule has 0 aliphatic carbocycles. The minimum absolute atomic E-state index is 0.0203. The number of carbonyl (C=O) groups excluding carboxylic acids is 1. The Morgan fingerprint density at radius 3 is 2.65 bits per heavy atom. The van der Waals surface area contributed by atoms with Gasteiger partial charge in [0.15, 0.2) is 5.71 Å². The molecule has 3 aliphatic rings. The number of aliphatic hydroxyl groups is 3. The van der Waals surface area contributed by atoms with Crippen molar-refractivity contribution in [1.29, 1.82) is 0 Å². The first-order valence-corrected chi connectivity index (χ1v) is 5.91. The Kier molecular flexibility index (Phi) is 2.98. The molecule has 0 aromatic rings.